The zero-order valence-corrected chi connectivity index (χ0v) is 27.9. The number of nitrogens with zero attached hydrogens (tertiary/aromatic N) is 7. The molecule has 0 aliphatic carbocycles. The highest BCUT2D eigenvalue weighted by atomic mass is 32.2. The molecule has 4 aromatic carbocycles. The van der Waals surface area contributed by atoms with Crippen molar-refractivity contribution in [1.82, 2.24) is 5.32 Å². The Kier molecular flexibility index (Phi) is 12.7. The van der Waals surface area contributed by atoms with Gasteiger partial charge in [0.25, 0.3) is 5.91 Å². The van der Waals surface area contributed by atoms with Crippen LogP contribution in [0.2, 0.25) is 0 Å². The number of halogens is 1. The van der Waals surface area contributed by atoms with Crippen LogP contribution in [0.1, 0.15) is 40.3 Å². The number of hydrogen-bond acceptors (Lipinski definition) is 8. The van der Waals surface area contributed by atoms with E-state index in [1.165, 1.54) is 12.1 Å². The van der Waals surface area contributed by atoms with E-state index in [1.54, 1.807) is 72.4 Å². The minimum Gasteiger partial charge on any atom is -0.494 e. The number of rotatable bonds is 17. The molecule has 50 heavy (non-hydrogen) atoms. The van der Waals surface area contributed by atoms with Crippen LogP contribution in [0, 0.1) is 5.82 Å². The zero-order chi connectivity index (χ0) is 35.2. The van der Waals surface area contributed by atoms with E-state index in [-0.39, 0.29) is 31.3 Å². The highest BCUT2D eigenvalue weighted by molar-refractivity contribution is 7.98. The molecule has 0 radical (unpaired) electrons. The van der Waals surface area contributed by atoms with E-state index < -0.39 is 17.6 Å². The van der Waals surface area contributed by atoms with Crippen molar-refractivity contribution >= 4 is 29.3 Å². The Hall–Kier alpha value is -5.52. The van der Waals surface area contributed by atoms with Gasteiger partial charge in [-0.2, -0.15) is 11.8 Å². The van der Waals surface area contributed by atoms with Crippen LogP contribution in [0.4, 0.5) is 10.1 Å². The summed E-state index contributed by atoms with van der Waals surface area (Å²) in [5, 5.41) is 19.8. The molecule has 0 saturated heterocycles. The topological polar surface area (TPSA) is 178 Å². The van der Waals surface area contributed by atoms with Crippen molar-refractivity contribution in [1.29, 1.82) is 0 Å². The van der Waals surface area contributed by atoms with Crippen LogP contribution in [0.3, 0.4) is 0 Å². The summed E-state index contributed by atoms with van der Waals surface area (Å²) < 4.78 is 25.7. The minimum absolute atomic E-state index is 0.0170. The van der Waals surface area contributed by atoms with Crippen molar-refractivity contribution in [3.63, 3.8) is 0 Å². The molecular formula is C36H35FN8O4S. The molecule has 12 nitrogen and oxygen atoms in total. The maximum atomic E-state index is 14.6. The first-order valence-corrected chi connectivity index (χ1v) is 17.1. The molecule has 0 saturated carbocycles. The van der Waals surface area contributed by atoms with Crippen LogP contribution in [0.25, 0.3) is 20.9 Å². The molecule has 1 aliphatic rings. The standard InChI is InChI=1S/C36H35FN8O4S/c37-29-14-10-25(11-15-29)24-50-21-18-40-35(47)36(22-27-6-2-4-9-32(27)43-45-39)33(31-8-3-1-7-28(31)23-41-44-38)49-34(42-36)26-12-16-30(17-13-26)48-20-5-19-46/h1-4,6-17,33,46H,5,18-24H2,(H,40,47)/t33-,36-/m1/s1. The Morgan fingerprint density at radius 2 is 1.74 bits per heavy atom. The number of azide groups is 2. The number of benzene rings is 4. The summed E-state index contributed by atoms with van der Waals surface area (Å²) >= 11 is 1.59. The second kappa shape index (κ2) is 17.8. The fraction of sp³-hybridized carbons (Fsp3) is 0.278. The average Bonchev–Trinajstić information content (AvgIpc) is 3.53. The van der Waals surface area contributed by atoms with Gasteiger partial charge in [-0.05, 0) is 69.7 Å². The summed E-state index contributed by atoms with van der Waals surface area (Å²) in [4.78, 5) is 25.6. The monoisotopic (exact) mass is 694 g/mol. The summed E-state index contributed by atoms with van der Waals surface area (Å²) in [6.45, 7) is 0.704. The quantitative estimate of drug-likeness (QED) is 0.0493. The van der Waals surface area contributed by atoms with Crippen LogP contribution in [-0.4, -0.2) is 48.0 Å². The Bertz CT molecular complexity index is 1900. The molecule has 0 unspecified atom stereocenters. The van der Waals surface area contributed by atoms with Crippen molar-refractivity contribution < 1.29 is 23.8 Å². The second-order valence-electron chi connectivity index (χ2n) is 11.3. The molecule has 1 aliphatic heterocycles. The highest BCUT2D eigenvalue weighted by Crippen LogP contribution is 2.45. The number of hydrogen-bond donors (Lipinski definition) is 2. The number of aliphatic hydroxyl groups is 1. The van der Waals surface area contributed by atoms with Gasteiger partial charge in [0.1, 0.15) is 11.6 Å². The SMILES string of the molecule is [N-]=[N+]=NCc1ccccc1[C@H]1OC(c2ccc(OCCCO)cc2)=N[C@@]1(Cc1ccccc1N=[N+]=[N-])C(=O)NCCSCc1ccc(F)cc1. The highest BCUT2D eigenvalue weighted by Gasteiger charge is 2.54. The predicted molar refractivity (Wildman–Crippen MR) is 191 cm³/mol. The van der Waals surface area contributed by atoms with Crippen LogP contribution in [-0.2, 0) is 28.2 Å². The van der Waals surface area contributed by atoms with Gasteiger partial charge in [0, 0.05) is 58.6 Å². The van der Waals surface area contributed by atoms with Gasteiger partial charge < -0.3 is 19.9 Å². The number of ether oxygens (including phenoxy) is 2. The Morgan fingerprint density at radius 3 is 2.48 bits per heavy atom. The van der Waals surface area contributed by atoms with Crippen molar-refractivity contribution in [2.75, 3.05) is 25.5 Å². The van der Waals surface area contributed by atoms with E-state index in [0.29, 0.717) is 64.8 Å². The Labute approximate surface area is 292 Å². The van der Waals surface area contributed by atoms with E-state index in [1.807, 2.05) is 24.3 Å². The fourth-order valence-corrected chi connectivity index (χ4v) is 6.38. The lowest BCUT2D eigenvalue weighted by Gasteiger charge is -2.32. The van der Waals surface area contributed by atoms with Gasteiger partial charge in [0.15, 0.2) is 11.6 Å². The minimum atomic E-state index is -1.58. The largest absolute Gasteiger partial charge is 0.494 e. The fourth-order valence-electron chi connectivity index (χ4n) is 5.56. The van der Waals surface area contributed by atoms with Crippen LogP contribution in [0.15, 0.2) is 112 Å². The zero-order valence-electron chi connectivity index (χ0n) is 27.1. The Morgan fingerprint density at radius 1 is 1.00 bits per heavy atom. The summed E-state index contributed by atoms with van der Waals surface area (Å²) in [5.41, 5.74) is 20.6. The number of carbonyl (C=O) groups is 1. The molecule has 5 rings (SSSR count). The maximum Gasteiger partial charge on any atom is 0.252 e. The van der Waals surface area contributed by atoms with Gasteiger partial charge in [0.2, 0.25) is 5.90 Å². The van der Waals surface area contributed by atoms with Crippen molar-refractivity contribution in [3.05, 3.63) is 152 Å². The molecule has 0 bridgehead atoms. The molecule has 256 valence electrons. The third kappa shape index (κ3) is 8.93. The van der Waals surface area contributed by atoms with Gasteiger partial charge in [0.05, 0.1) is 13.2 Å². The predicted octanol–water partition coefficient (Wildman–Crippen LogP) is 7.89. The summed E-state index contributed by atoms with van der Waals surface area (Å²) in [6, 6.07) is 27.7. The second-order valence-corrected chi connectivity index (χ2v) is 12.4. The first kappa shape index (κ1) is 35.8. The third-order valence-electron chi connectivity index (χ3n) is 7.99. The molecule has 14 heteroatoms. The van der Waals surface area contributed by atoms with E-state index >= 15 is 0 Å². The number of aliphatic hydroxyl groups excluding tert-OH is 1. The third-order valence-corrected chi connectivity index (χ3v) is 9.02. The number of aliphatic imine (C=N–C) groups is 1. The molecule has 2 atom stereocenters. The lowest BCUT2D eigenvalue weighted by molar-refractivity contribution is -0.128. The van der Waals surface area contributed by atoms with Crippen LogP contribution < -0.4 is 10.1 Å². The van der Waals surface area contributed by atoms with Crippen molar-refractivity contribution in [2.24, 2.45) is 15.2 Å². The molecular weight excluding hydrogens is 660 g/mol. The van der Waals surface area contributed by atoms with Crippen molar-refractivity contribution in [2.45, 2.75) is 36.8 Å². The van der Waals surface area contributed by atoms with Crippen LogP contribution >= 0.6 is 11.8 Å². The number of amides is 1. The first-order valence-electron chi connectivity index (χ1n) is 15.9. The summed E-state index contributed by atoms with van der Waals surface area (Å²) in [5.74, 6) is 1.33. The lowest BCUT2D eigenvalue weighted by Crippen LogP contribution is -2.50. The Balaban J connectivity index is 1.53. The molecule has 1 heterocycles. The number of carbonyl (C=O) groups excluding carboxylic acids is 1. The average molecular weight is 695 g/mol. The van der Waals surface area contributed by atoms with E-state index in [0.717, 1.165) is 5.56 Å². The van der Waals surface area contributed by atoms with Gasteiger partial charge >= 0.3 is 0 Å². The molecule has 0 aromatic heterocycles. The normalized spacial score (nSPS) is 16.4. The molecule has 0 fully saturated rings. The molecule has 4 aromatic rings. The van der Waals surface area contributed by atoms with Gasteiger partial charge in [-0.15, -0.1) is 0 Å². The molecule has 2 N–H and O–H groups in total. The van der Waals surface area contributed by atoms with Gasteiger partial charge in [-0.1, -0.05) is 70.9 Å². The summed E-state index contributed by atoms with van der Waals surface area (Å²) in [6.07, 6.45) is -0.453. The smallest absolute Gasteiger partial charge is 0.252 e. The van der Waals surface area contributed by atoms with E-state index in [2.05, 4.69) is 25.4 Å². The number of nitrogens with one attached hydrogen (secondary N) is 1. The lowest BCUT2D eigenvalue weighted by atomic mass is 9.80. The molecule has 1 amide bonds. The number of thioether (sulfide) groups is 1. The van der Waals surface area contributed by atoms with E-state index in [9.17, 15) is 14.7 Å². The van der Waals surface area contributed by atoms with Crippen LogP contribution in [0.5, 0.6) is 5.75 Å². The summed E-state index contributed by atoms with van der Waals surface area (Å²) in [7, 11) is 0. The molecule has 0 spiro atoms. The maximum absolute atomic E-state index is 14.6. The first-order chi connectivity index (χ1) is 24.5. The van der Waals surface area contributed by atoms with Gasteiger partial charge in [-0.25, -0.2) is 9.38 Å². The van der Waals surface area contributed by atoms with Crippen molar-refractivity contribution in [3.8, 4) is 5.75 Å². The van der Waals surface area contributed by atoms with Gasteiger partial charge in [-0.3, -0.25) is 4.79 Å². The van der Waals surface area contributed by atoms with E-state index in [4.69, 9.17) is 25.1 Å².